The molecule has 0 bridgehead atoms. The Kier molecular flexibility index (Phi) is 6.64. The lowest BCUT2D eigenvalue weighted by Gasteiger charge is -2.18. The molecule has 0 saturated carbocycles. The first-order valence-corrected chi connectivity index (χ1v) is 8.98. The minimum Gasteiger partial charge on any atom is -0.325 e. The molecule has 0 unspecified atom stereocenters. The van der Waals surface area contributed by atoms with E-state index in [0.717, 1.165) is 17.1 Å². The van der Waals surface area contributed by atoms with Crippen molar-refractivity contribution < 1.29 is 13.2 Å². The number of sulfonamides is 1. The molecule has 1 aromatic rings. The molecular weight excluding hydrogens is 344 g/mol. The Morgan fingerprint density at radius 1 is 1.30 bits per heavy atom. The van der Waals surface area contributed by atoms with Gasteiger partial charge >= 0.3 is 0 Å². The monoisotopic (exact) mass is 362 g/mol. The van der Waals surface area contributed by atoms with Crippen LogP contribution in [0.15, 0.2) is 28.7 Å². The molecule has 1 amide bonds. The summed E-state index contributed by atoms with van der Waals surface area (Å²) in [5.41, 5.74) is 0.680. The van der Waals surface area contributed by atoms with Crippen LogP contribution in [0.25, 0.3) is 0 Å². The van der Waals surface area contributed by atoms with Crippen LogP contribution in [0.5, 0.6) is 0 Å². The normalized spacial score (nSPS) is 11.6. The summed E-state index contributed by atoms with van der Waals surface area (Å²) in [4.78, 5) is 11.8. The summed E-state index contributed by atoms with van der Waals surface area (Å²) in [6.07, 6.45) is 2.02. The number of para-hydroxylation sites is 1. The molecular formula is C13H19BrN2O3S. The smallest absolute Gasteiger partial charge is 0.225 e. The van der Waals surface area contributed by atoms with Crippen molar-refractivity contribution in [1.82, 2.24) is 4.31 Å². The highest BCUT2D eigenvalue weighted by Gasteiger charge is 2.16. The zero-order valence-electron chi connectivity index (χ0n) is 11.6. The van der Waals surface area contributed by atoms with Gasteiger partial charge in [-0.15, -0.1) is 0 Å². The predicted octanol–water partition coefficient (Wildman–Crippen LogP) is 2.45. The molecule has 0 aliphatic carbocycles. The van der Waals surface area contributed by atoms with Crippen LogP contribution < -0.4 is 5.32 Å². The van der Waals surface area contributed by atoms with Gasteiger partial charge in [0, 0.05) is 24.0 Å². The van der Waals surface area contributed by atoms with E-state index in [-0.39, 0.29) is 18.9 Å². The van der Waals surface area contributed by atoms with Crippen LogP contribution in [-0.2, 0) is 14.8 Å². The molecule has 0 aliphatic heterocycles. The van der Waals surface area contributed by atoms with E-state index in [1.165, 1.54) is 4.31 Å². The topological polar surface area (TPSA) is 66.5 Å². The van der Waals surface area contributed by atoms with Crippen LogP contribution in [0, 0.1) is 0 Å². The number of nitrogens with one attached hydrogen (secondary N) is 1. The minimum absolute atomic E-state index is 0.133. The van der Waals surface area contributed by atoms with E-state index in [4.69, 9.17) is 0 Å². The molecule has 0 atom stereocenters. The van der Waals surface area contributed by atoms with E-state index in [0.29, 0.717) is 12.2 Å². The standard InChI is InChI=1S/C13H19BrN2O3S/c1-3-9-16(20(2,18)19)10-8-13(17)15-12-7-5-4-6-11(12)14/h4-7H,3,8-10H2,1-2H3,(H,15,17). The van der Waals surface area contributed by atoms with Gasteiger partial charge < -0.3 is 5.32 Å². The fourth-order valence-electron chi connectivity index (χ4n) is 1.69. The summed E-state index contributed by atoms with van der Waals surface area (Å²) in [7, 11) is -3.26. The zero-order valence-corrected chi connectivity index (χ0v) is 14.0. The van der Waals surface area contributed by atoms with Crippen LogP contribution in [-0.4, -0.2) is 38.0 Å². The highest BCUT2D eigenvalue weighted by Crippen LogP contribution is 2.21. The predicted molar refractivity (Wildman–Crippen MR) is 84.1 cm³/mol. The van der Waals surface area contributed by atoms with Crippen molar-refractivity contribution in [3.05, 3.63) is 28.7 Å². The maximum atomic E-state index is 11.8. The van der Waals surface area contributed by atoms with E-state index in [9.17, 15) is 13.2 Å². The van der Waals surface area contributed by atoms with Gasteiger partial charge in [-0.1, -0.05) is 19.1 Å². The van der Waals surface area contributed by atoms with Crippen molar-refractivity contribution in [1.29, 1.82) is 0 Å². The Hall–Kier alpha value is -0.920. The molecule has 1 rings (SSSR count). The zero-order chi connectivity index (χ0) is 15.2. The van der Waals surface area contributed by atoms with Gasteiger partial charge in [0.05, 0.1) is 11.9 Å². The first-order valence-electron chi connectivity index (χ1n) is 6.34. The van der Waals surface area contributed by atoms with Crippen LogP contribution in [0.1, 0.15) is 19.8 Å². The SMILES string of the molecule is CCCN(CCC(=O)Nc1ccccc1Br)S(C)(=O)=O. The quantitative estimate of drug-likeness (QED) is 0.809. The van der Waals surface area contributed by atoms with Crippen molar-refractivity contribution >= 4 is 37.5 Å². The third-order valence-corrected chi connectivity index (χ3v) is 4.67. The number of benzene rings is 1. The molecule has 5 nitrogen and oxygen atoms in total. The maximum Gasteiger partial charge on any atom is 0.225 e. The largest absolute Gasteiger partial charge is 0.325 e. The number of hydrogen-bond acceptors (Lipinski definition) is 3. The second-order valence-corrected chi connectivity index (χ2v) is 7.28. The molecule has 112 valence electrons. The van der Waals surface area contributed by atoms with E-state index in [1.54, 1.807) is 6.07 Å². The van der Waals surface area contributed by atoms with E-state index in [2.05, 4.69) is 21.2 Å². The highest BCUT2D eigenvalue weighted by atomic mass is 79.9. The maximum absolute atomic E-state index is 11.8. The Balaban J connectivity index is 2.57. The van der Waals surface area contributed by atoms with E-state index >= 15 is 0 Å². The van der Waals surface area contributed by atoms with Crippen molar-refractivity contribution in [2.45, 2.75) is 19.8 Å². The minimum atomic E-state index is -3.26. The highest BCUT2D eigenvalue weighted by molar-refractivity contribution is 9.10. The summed E-state index contributed by atoms with van der Waals surface area (Å²) in [6.45, 7) is 2.53. The summed E-state index contributed by atoms with van der Waals surface area (Å²) in [5.74, 6) is -0.207. The molecule has 20 heavy (non-hydrogen) atoms. The number of hydrogen-bond donors (Lipinski definition) is 1. The molecule has 7 heteroatoms. The van der Waals surface area contributed by atoms with Gasteiger partial charge in [0.1, 0.15) is 0 Å². The number of halogens is 1. The molecule has 1 aromatic carbocycles. The van der Waals surface area contributed by atoms with Crippen molar-refractivity contribution in [2.75, 3.05) is 24.7 Å². The average Bonchev–Trinajstić information content (AvgIpc) is 2.36. The Morgan fingerprint density at radius 2 is 1.95 bits per heavy atom. The summed E-state index contributed by atoms with van der Waals surface area (Å²) >= 11 is 3.34. The number of amides is 1. The Labute approximate surface area is 128 Å². The van der Waals surface area contributed by atoms with Gasteiger partial charge in [-0.2, -0.15) is 0 Å². The molecule has 0 radical (unpaired) electrons. The molecule has 0 heterocycles. The van der Waals surface area contributed by atoms with Gasteiger partial charge in [-0.3, -0.25) is 4.79 Å². The second kappa shape index (κ2) is 7.75. The van der Waals surface area contributed by atoms with Gasteiger partial charge in [-0.05, 0) is 34.5 Å². The van der Waals surface area contributed by atoms with Crippen LogP contribution in [0.3, 0.4) is 0 Å². The van der Waals surface area contributed by atoms with Crippen molar-refractivity contribution in [3.8, 4) is 0 Å². The van der Waals surface area contributed by atoms with E-state index in [1.807, 2.05) is 25.1 Å². The van der Waals surface area contributed by atoms with Crippen molar-refractivity contribution in [2.24, 2.45) is 0 Å². The number of carbonyl (C=O) groups is 1. The van der Waals surface area contributed by atoms with Gasteiger partial charge in [0.25, 0.3) is 0 Å². The lowest BCUT2D eigenvalue weighted by atomic mass is 10.3. The van der Waals surface area contributed by atoms with Crippen LogP contribution in [0.2, 0.25) is 0 Å². The number of anilines is 1. The molecule has 0 fully saturated rings. The molecule has 0 aromatic heterocycles. The molecule has 0 spiro atoms. The van der Waals surface area contributed by atoms with Gasteiger partial charge in [0.15, 0.2) is 0 Å². The first-order chi connectivity index (χ1) is 9.34. The fraction of sp³-hybridized carbons (Fsp3) is 0.462. The van der Waals surface area contributed by atoms with Crippen molar-refractivity contribution in [3.63, 3.8) is 0 Å². The second-order valence-electron chi connectivity index (χ2n) is 4.44. The van der Waals surface area contributed by atoms with Gasteiger partial charge in [-0.25, -0.2) is 12.7 Å². The first kappa shape index (κ1) is 17.1. The number of carbonyl (C=O) groups excluding carboxylic acids is 1. The summed E-state index contributed by atoms with van der Waals surface area (Å²) in [6, 6.07) is 7.28. The lowest BCUT2D eigenvalue weighted by molar-refractivity contribution is -0.116. The summed E-state index contributed by atoms with van der Waals surface area (Å²) in [5, 5.41) is 2.75. The van der Waals surface area contributed by atoms with E-state index < -0.39 is 10.0 Å². The fourth-order valence-corrected chi connectivity index (χ4v) is 3.02. The summed E-state index contributed by atoms with van der Waals surface area (Å²) < 4.78 is 25.2. The lowest BCUT2D eigenvalue weighted by Crippen LogP contribution is -2.33. The molecule has 0 aliphatic rings. The van der Waals surface area contributed by atoms with Crippen LogP contribution in [0.4, 0.5) is 5.69 Å². The molecule has 1 N–H and O–H groups in total. The third-order valence-electron chi connectivity index (χ3n) is 2.68. The number of nitrogens with zero attached hydrogens (tertiary/aromatic N) is 1. The average molecular weight is 363 g/mol. The Bertz CT molecular complexity index is 560. The van der Waals surface area contributed by atoms with Gasteiger partial charge in [0.2, 0.25) is 15.9 Å². The molecule has 0 saturated heterocycles. The third kappa shape index (κ3) is 5.60. The Morgan fingerprint density at radius 3 is 2.50 bits per heavy atom. The van der Waals surface area contributed by atoms with Crippen LogP contribution >= 0.6 is 15.9 Å². The number of rotatable bonds is 7.